The molecule has 0 aliphatic heterocycles. The van der Waals surface area contributed by atoms with Gasteiger partial charge in [0.1, 0.15) is 0 Å². The number of aromatic carboxylic acids is 1. The summed E-state index contributed by atoms with van der Waals surface area (Å²) in [5.41, 5.74) is -0.0149. The number of carbonyl (C=O) groups is 1. The molecule has 0 saturated carbocycles. The fourth-order valence-electron chi connectivity index (χ4n) is 1.27. The Morgan fingerprint density at radius 3 is 2.55 bits per heavy atom. The molecule has 1 aromatic carbocycles. The summed E-state index contributed by atoms with van der Waals surface area (Å²) in [4.78, 5) is 10.7. The molecule has 0 fully saturated rings. The van der Waals surface area contributed by atoms with Crippen molar-refractivity contribution in [1.29, 1.82) is 0 Å². The lowest BCUT2D eigenvalue weighted by Crippen LogP contribution is -2.32. The summed E-state index contributed by atoms with van der Waals surface area (Å²) in [6, 6.07) is 3.64. The number of hydrogen-bond acceptors (Lipinski definition) is 4. The predicted octanol–water partition coefficient (Wildman–Crippen LogP) is 1.19. The highest BCUT2D eigenvalue weighted by Crippen LogP contribution is 2.23. The van der Waals surface area contributed by atoms with Crippen molar-refractivity contribution >= 4 is 42.7 Å². The molecule has 20 heavy (non-hydrogen) atoms. The van der Waals surface area contributed by atoms with Gasteiger partial charge in [-0.05, 0) is 41.1 Å². The largest absolute Gasteiger partial charge is 0.478 e. The molecule has 0 aromatic heterocycles. The van der Waals surface area contributed by atoms with Gasteiger partial charge in [-0.2, -0.15) is 0 Å². The van der Waals surface area contributed by atoms with Gasteiger partial charge in [0, 0.05) is 33.3 Å². The molecule has 2 unspecified atom stereocenters. The summed E-state index contributed by atoms with van der Waals surface area (Å²) in [7, 11) is -4.92. The Morgan fingerprint density at radius 1 is 1.50 bits per heavy atom. The van der Waals surface area contributed by atoms with Gasteiger partial charge in [0.15, 0.2) is 0 Å². The number of benzene rings is 1. The Bertz CT molecular complexity index is 644. The first-order valence-corrected chi connectivity index (χ1v) is 9.39. The molecule has 0 aliphatic carbocycles. The zero-order valence-corrected chi connectivity index (χ0v) is 14.0. The highest BCUT2D eigenvalue weighted by atomic mass is 79.9. The Morgan fingerprint density at radius 2 is 2.10 bits per heavy atom. The lowest BCUT2D eigenvalue weighted by atomic mass is 10.2. The number of halogens is 1. The third-order valence-electron chi connectivity index (χ3n) is 2.60. The van der Waals surface area contributed by atoms with E-state index >= 15 is 0 Å². The average Bonchev–Trinajstić information content (AvgIpc) is 2.35. The van der Waals surface area contributed by atoms with E-state index in [9.17, 15) is 17.4 Å². The van der Waals surface area contributed by atoms with Gasteiger partial charge in [0.25, 0.3) is 0 Å². The summed E-state index contributed by atoms with van der Waals surface area (Å²) in [5, 5.41) is 8.50. The highest BCUT2D eigenvalue weighted by Gasteiger charge is 2.20. The number of hydrogen-bond donors (Lipinski definition) is 2. The first kappa shape index (κ1) is 17.3. The van der Waals surface area contributed by atoms with Crippen LogP contribution in [0.1, 0.15) is 17.3 Å². The maximum absolute atomic E-state index is 12.1. The van der Waals surface area contributed by atoms with E-state index in [1.54, 1.807) is 6.92 Å². The van der Waals surface area contributed by atoms with Crippen molar-refractivity contribution in [1.82, 2.24) is 4.72 Å². The molecule has 0 radical (unpaired) electrons. The Labute approximate surface area is 128 Å². The van der Waals surface area contributed by atoms with E-state index in [1.807, 2.05) is 0 Å². The Balaban J connectivity index is 2.99. The van der Waals surface area contributed by atoms with Crippen LogP contribution in [-0.2, 0) is 20.8 Å². The van der Waals surface area contributed by atoms with E-state index < -0.39 is 26.8 Å². The lowest BCUT2D eigenvalue weighted by Gasteiger charge is -2.12. The minimum atomic E-state index is -3.79. The van der Waals surface area contributed by atoms with Crippen LogP contribution in [0.3, 0.4) is 0 Å². The van der Waals surface area contributed by atoms with Crippen LogP contribution < -0.4 is 4.72 Å². The summed E-state index contributed by atoms with van der Waals surface area (Å²) in [6.45, 7) is 1.71. The molecular formula is C11H14BrNO5S2. The quantitative estimate of drug-likeness (QED) is 0.768. The van der Waals surface area contributed by atoms with Gasteiger partial charge in [-0.3, -0.25) is 4.21 Å². The van der Waals surface area contributed by atoms with Crippen LogP contribution in [0.5, 0.6) is 0 Å². The lowest BCUT2D eigenvalue weighted by molar-refractivity contribution is 0.0696. The molecule has 0 spiro atoms. The topological polar surface area (TPSA) is 101 Å². The number of sulfonamides is 1. The van der Waals surface area contributed by atoms with Crippen LogP contribution in [0.25, 0.3) is 0 Å². The van der Waals surface area contributed by atoms with Crippen molar-refractivity contribution < 1.29 is 22.5 Å². The van der Waals surface area contributed by atoms with E-state index in [-0.39, 0.29) is 26.7 Å². The van der Waals surface area contributed by atoms with Crippen molar-refractivity contribution in [2.45, 2.75) is 17.1 Å². The van der Waals surface area contributed by atoms with Gasteiger partial charge < -0.3 is 5.11 Å². The second-order valence-electron chi connectivity index (χ2n) is 4.11. The summed E-state index contributed by atoms with van der Waals surface area (Å²) in [6.07, 6.45) is 1.50. The van der Waals surface area contributed by atoms with Gasteiger partial charge in [-0.15, -0.1) is 0 Å². The molecule has 2 atom stereocenters. The number of carboxylic acid groups (broad SMARTS) is 1. The fraction of sp³-hybridized carbons (Fsp3) is 0.364. The summed E-state index contributed by atoms with van der Waals surface area (Å²) >= 11 is 3.04. The van der Waals surface area contributed by atoms with Crippen molar-refractivity contribution in [2.24, 2.45) is 0 Å². The average molecular weight is 384 g/mol. The first-order valence-electron chi connectivity index (χ1n) is 5.50. The van der Waals surface area contributed by atoms with Crippen molar-refractivity contribution in [3.8, 4) is 0 Å². The van der Waals surface area contributed by atoms with Crippen LogP contribution in [-0.4, -0.2) is 41.8 Å². The number of rotatable bonds is 6. The van der Waals surface area contributed by atoms with Gasteiger partial charge in [-0.1, -0.05) is 0 Å². The van der Waals surface area contributed by atoms with E-state index in [2.05, 4.69) is 20.7 Å². The highest BCUT2D eigenvalue weighted by molar-refractivity contribution is 9.10. The molecule has 1 rings (SSSR count). The Kier molecular flexibility index (Phi) is 5.87. The molecule has 1 aromatic rings. The third kappa shape index (κ3) is 4.37. The molecule has 9 heteroatoms. The van der Waals surface area contributed by atoms with Crippen LogP contribution in [0.15, 0.2) is 27.6 Å². The smallest absolute Gasteiger partial charge is 0.335 e. The van der Waals surface area contributed by atoms with Crippen molar-refractivity contribution in [3.05, 3.63) is 28.2 Å². The minimum Gasteiger partial charge on any atom is -0.478 e. The van der Waals surface area contributed by atoms with Crippen LogP contribution in [0.4, 0.5) is 0 Å². The molecular weight excluding hydrogens is 370 g/mol. The van der Waals surface area contributed by atoms with Gasteiger partial charge in [0.2, 0.25) is 10.0 Å². The number of nitrogens with one attached hydrogen (secondary N) is 1. The fourth-order valence-corrected chi connectivity index (χ4v) is 3.90. The van der Waals surface area contributed by atoms with Gasteiger partial charge >= 0.3 is 5.97 Å². The molecule has 0 bridgehead atoms. The van der Waals surface area contributed by atoms with Crippen LogP contribution >= 0.6 is 15.9 Å². The Hall–Kier alpha value is -0.770. The predicted molar refractivity (Wildman–Crippen MR) is 79.8 cm³/mol. The normalized spacial score (nSPS) is 14.8. The maximum atomic E-state index is 12.1. The van der Waals surface area contributed by atoms with E-state index in [0.29, 0.717) is 0 Å². The second kappa shape index (κ2) is 6.79. The minimum absolute atomic E-state index is 0.0149. The van der Waals surface area contributed by atoms with E-state index in [4.69, 9.17) is 5.11 Å². The van der Waals surface area contributed by atoms with E-state index in [1.165, 1.54) is 24.5 Å². The maximum Gasteiger partial charge on any atom is 0.335 e. The molecule has 0 heterocycles. The summed E-state index contributed by atoms with van der Waals surface area (Å²) in [5.74, 6) is -1.14. The third-order valence-corrected chi connectivity index (χ3v) is 6.30. The second-order valence-corrected chi connectivity index (χ2v) is 8.50. The molecule has 6 nitrogen and oxygen atoms in total. The summed E-state index contributed by atoms with van der Waals surface area (Å²) < 4.78 is 37.8. The SMILES string of the molecule is CC(CNS(=O)(=O)c1ccc(C(=O)O)cc1Br)S(C)=O. The van der Waals surface area contributed by atoms with Crippen molar-refractivity contribution in [2.75, 3.05) is 12.8 Å². The standard InChI is InChI=1S/C11H14BrNO5S2/c1-7(19(2)16)6-13-20(17,18)10-4-3-8(11(14)15)5-9(10)12/h3-5,7,13H,6H2,1-2H3,(H,14,15). The molecule has 2 N–H and O–H groups in total. The van der Waals surface area contributed by atoms with E-state index in [0.717, 1.165) is 0 Å². The molecule has 0 saturated heterocycles. The van der Waals surface area contributed by atoms with Crippen LogP contribution in [0.2, 0.25) is 0 Å². The zero-order valence-electron chi connectivity index (χ0n) is 10.8. The molecule has 112 valence electrons. The monoisotopic (exact) mass is 383 g/mol. The van der Waals surface area contributed by atoms with Gasteiger partial charge in [0.05, 0.1) is 10.5 Å². The zero-order chi connectivity index (χ0) is 15.5. The first-order chi connectivity index (χ1) is 9.15. The molecule has 0 amide bonds. The van der Waals surface area contributed by atoms with Crippen molar-refractivity contribution in [3.63, 3.8) is 0 Å². The molecule has 0 aliphatic rings. The van der Waals surface area contributed by atoms with Gasteiger partial charge in [-0.25, -0.2) is 17.9 Å². The van der Waals surface area contributed by atoms with Crippen LogP contribution in [0, 0.1) is 0 Å². The number of carboxylic acids is 1.